The second kappa shape index (κ2) is 4.02. The molecule has 1 aromatic carbocycles. The van der Waals surface area contributed by atoms with Crippen LogP contribution in [0.5, 0.6) is 0 Å². The number of allylic oxidation sites excluding steroid dienone is 1. The van der Waals surface area contributed by atoms with E-state index in [1.807, 2.05) is 32.9 Å². The van der Waals surface area contributed by atoms with Crippen molar-refractivity contribution in [3.8, 4) is 0 Å². The molecule has 1 atom stereocenters. The van der Waals surface area contributed by atoms with Gasteiger partial charge in [0.1, 0.15) is 6.61 Å². The van der Waals surface area contributed by atoms with Crippen LogP contribution in [-0.2, 0) is 0 Å². The van der Waals surface area contributed by atoms with Crippen LogP contribution in [0.3, 0.4) is 0 Å². The van der Waals surface area contributed by atoms with E-state index in [1.165, 1.54) is 0 Å². The van der Waals surface area contributed by atoms with Crippen LogP contribution in [-0.4, -0.2) is 22.3 Å². The summed E-state index contributed by atoms with van der Waals surface area (Å²) in [6.07, 6.45) is 0. The highest BCUT2D eigenvalue weighted by Gasteiger charge is 2.52. The summed E-state index contributed by atoms with van der Waals surface area (Å²) in [4.78, 5) is 12.4. The number of nitrogens with zero attached hydrogens (tertiary/aromatic N) is 1. The Hall–Kier alpha value is -1.49. The zero-order valence-corrected chi connectivity index (χ0v) is 11.1. The van der Waals surface area contributed by atoms with Crippen molar-refractivity contribution in [2.75, 3.05) is 6.61 Å². The molecule has 1 unspecified atom stereocenters. The molecule has 18 heavy (non-hydrogen) atoms. The van der Waals surface area contributed by atoms with E-state index in [4.69, 9.17) is 5.11 Å². The number of aliphatic hydroxyl groups is 1. The molecule has 0 saturated carbocycles. The average Bonchev–Trinajstić information content (AvgIpc) is 2.80. The number of amides is 1. The van der Waals surface area contributed by atoms with Gasteiger partial charge in [-0.1, -0.05) is 17.7 Å². The average molecular weight is 247 g/mol. The Morgan fingerprint density at radius 3 is 2.11 bits per heavy atom. The van der Waals surface area contributed by atoms with Crippen LogP contribution in [0.2, 0.25) is 0 Å². The fourth-order valence-electron chi connectivity index (χ4n) is 2.56. The molecule has 0 aliphatic carbocycles. The van der Waals surface area contributed by atoms with Gasteiger partial charge in [-0.3, -0.25) is 0 Å². The molecule has 1 N–H and O–H groups in total. The van der Waals surface area contributed by atoms with Crippen molar-refractivity contribution in [3.05, 3.63) is 51.0 Å². The highest BCUT2D eigenvalue weighted by molar-refractivity contribution is 5.95. The summed E-state index contributed by atoms with van der Waals surface area (Å²) in [5.41, 5.74) is 3.82. The first-order valence-corrected chi connectivity index (χ1v) is 5.88. The van der Waals surface area contributed by atoms with Crippen LogP contribution in [0.4, 0.5) is 0 Å². The second-order valence-electron chi connectivity index (χ2n) is 4.88. The summed E-state index contributed by atoms with van der Waals surface area (Å²) in [5.74, 6) is -0.494. The third kappa shape index (κ3) is 1.61. The van der Waals surface area contributed by atoms with Crippen LogP contribution in [0.25, 0.3) is 0 Å². The molecule has 0 bridgehead atoms. The van der Waals surface area contributed by atoms with Crippen molar-refractivity contribution in [2.24, 2.45) is 0 Å². The van der Waals surface area contributed by atoms with Crippen molar-refractivity contribution in [2.45, 2.75) is 27.7 Å². The van der Waals surface area contributed by atoms with E-state index in [-0.39, 0.29) is 12.3 Å². The minimum absolute atomic E-state index is 0.263. The molecule has 1 amide bonds. The fraction of sp³-hybridized carbons (Fsp3) is 0.357. The van der Waals surface area contributed by atoms with Gasteiger partial charge in [0.2, 0.25) is 5.70 Å². The van der Waals surface area contributed by atoms with E-state index in [9.17, 15) is 10.0 Å². The summed E-state index contributed by atoms with van der Waals surface area (Å²) in [7, 11) is 0. The molecule has 0 radical (unpaired) electrons. The van der Waals surface area contributed by atoms with Gasteiger partial charge >= 0.3 is 5.91 Å². The van der Waals surface area contributed by atoms with Crippen molar-refractivity contribution >= 4 is 5.91 Å². The molecule has 1 aromatic rings. The molecule has 0 fully saturated rings. The van der Waals surface area contributed by atoms with Gasteiger partial charge in [-0.15, -0.1) is 0 Å². The van der Waals surface area contributed by atoms with E-state index in [2.05, 4.69) is 0 Å². The van der Waals surface area contributed by atoms with E-state index in [0.717, 1.165) is 16.7 Å². The van der Waals surface area contributed by atoms with Gasteiger partial charge < -0.3 is 10.3 Å². The quantitative estimate of drug-likeness (QED) is 0.644. The van der Waals surface area contributed by atoms with Crippen molar-refractivity contribution in [1.29, 1.82) is 0 Å². The topological polar surface area (TPSA) is 60.4 Å². The zero-order chi connectivity index (χ0) is 13.7. The summed E-state index contributed by atoms with van der Waals surface area (Å²) < 4.78 is -1.08. The number of hydrogen-bond donors (Lipinski definition) is 1. The number of hydrogen-bond acceptors (Lipinski definition) is 3. The lowest BCUT2D eigenvalue weighted by atomic mass is 9.99. The molecule has 2 rings (SSSR count). The molecular formula is C14H17NO3. The van der Waals surface area contributed by atoms with Gasteiger partial charge in [0.05, 0.1) is 5.56 Å². The van der Waals surface area contributed by atoms with Gasteiger partial charge in [-0.2, -0.15) is 0 Å². The SMILES string of the molecule is CC1=C(CO)[N+]1([O-])C(=O)c1c(C)cc(C)cc1C. The Balaban J connectivity index is 2.44. The third-order valence-corrected chi connectivity index (χ3v) is 3.55. The Kier molecular flexibility index (Phi) is 2.89. The minimum Gasteiger partial charge on any atom is -0.614 e. The largest absolute Gasteiger partial charge is 0.614 e. The van der Waals surface area contributed by atoms with E-state index >= 15 is 0 Å². The first-order valence-electron chi connectivity index (χ1n) is 5.88. The first-order chi connectivity index (χ1) is 8.33. The Morgan fingerprint density at radius 1 is 1.22 bits per heavy atom. The number of benzene rings is 1. The van der Waals surface area contributed by atoms with Crippen LogP contribution in [0.15, 0.2) is 23.5 Å². The molecular weight excluding hydrogens is 230 g/mol. The molecule has 0 saturated heterocycles. The van der Waals surface area contributed by atoms with E-state index in [0.29, 0.717) is 11.3 Å². The number of hydroxylamine groups is 3. The maximum absolute atomic E-state index is 12.4. The lowest BCUT2D eigenvalue weighted by molar-refractivity contribution is -0.640. The maximum Gasteiger partial charge on any atom is 0.356 e. The molecule has 0 aromatic heterocycles. The molecule has 1 aliphatic heterocycles. The monoisotopic (exact) mass is 247 g/mol. The van der Waals surface area contributed by atoms with Crippen LogP contribution in [0, 0.1) is 26.0 Å². The third-order valence-electron chi connectivity index (χ3n) is 3.55. The van der Waals surface area contributed by atoms with Crippen molar-refractivity contribution in [3.63, 3.8) is 0 Å². The normalized spacial score (nSPS) is 22.3. The van der Waals surface area contributed by atoms with Crippen LogP contribution in [0.1, 0.15) is 34.0 Å². The zero-order valence-electron chi connectivity index (χ0n) is 11.1. The molecule has 1 heterocycles. The predicted molar refractivity (Wildman–Crippen MR) is 68.4 cm³/mol. The Morgan fingerprint density at radius 2 is 1.72 bits per heavy atom. The predicted octanol–water partition coefficient (Wildman–Crippen LogP) is 2.30. The number of aryl methyl sites for hydroxylation is 3. The highest BCUT2D eigenvalue weighted by atomic mass is 16.6. The number of quaternary nitrogens is 1. The van der Waals surface area contributed by atoms with Crippen molar-refractivity contribution in [1.82, 2.24) is 0 Å². The lowest BCUT2D eigenvalue weighted by Crippen LogP contribution is -2.32. The Labute approximate surface area is 106 Å². The number of carbonyl (C=O) groups excluding carboxylic acids is 1. The molecule has 96 valence electrons. The second-order valence-corrected chi connectivity index (χ2v) is 4.88. The summed E-state index contributed by atoms with van der Waals surface area (Å²) >= 11 is 0. The maximum atomic E-state index is 12.4. The molecule has 4 nitrogen and oxygen atoms in total. The Bertz CT molecular complexity index is 551. The minimum atomic E-state index is -1.08. The lowest BCUT2D eigenvalue weighted by Gasteiger charge is -2.24. The van der Waals surface area contributed by atoms with Crippen LogP contribution < -0.4 is 0 Å². The first kappa shape index (κ1) is 13.0. The number of rotatable bonds is 2. The summed E-state index contributed by atoms with van der Waals surface area (Å²) in [6, 6.07) is 3.79. The standard InChI is InChI=1S/C14H17NO3/c1-8-5-9(2)13(10(3)6-8)14(17)15(18)11(4)12(15)7-16/h5-6,16H,7H2,1-4H3. The number of carbonyl (C=O) groups is 1. The summed E-state index contributed by atoms with van der Waals surface area (Å²) in [6.45, 7) is 6.85. The van der Waals surface area contributed by atoms with Gasteiger partial charge in [0, 0.05) is 6.92 Å². The number of aliphatic hydroxyl groups excluding tert-OH is 1. The highest BCUT2D eigenvalue weighted by Crippen LogP contribution is 2.43. The molecule has 4 heteroatoms. The van der Waals surface area contributed by atoms with Gasteiger partial charge in [-0.05, 0) is 31.9 Å². The van der Waals surface area contributed by atoms with E-state index in [1.54, 1.807) is 6.92 Å². The van der Waals surface area contributed by atoms with Gasteiger partial charge in [-0.25, -0.2) is 9.44 Å². The fourth-order valence-corrected chi connectivity index (χ4v) is 2.56. The van der Waals surface area contributed by atoms with Crippen molar-refractivity contribution < 1.29 is 14.5 Å². The van der Waals surface area contributed by atoms with Gasteiger partial charge in [0.25, 0.3) is 0 Å². The summed E-state index contributed by atoms with van der Waals surface area (Å²) in [5, 5.41) is 21.4. The van der Waals surface area contributed by atoms with E-state index < -0.39 is 10.6 Å². The molecule has 1 aliphatic rings. The smallest absolute Gasteiger partial charge is 0.356 e. The molecule has 0 spiro atoms. The van der Waals surface area contributed by atoms with Crippen LogP contribution >= 0.6 is 0 Å². The van der Waals surface area contributed by atoms with Gasteiger partial charge in [0.15, 0.2) is 5.70 Å².